The van der Waals surface area contributed by atoms with Crippen molar-refractivity contribution in [2.45, 2.75) is 39.1 Å². The highest BCUT2D eigenvalue weighted by atomic mass is 32.2. The minimum atomic E-state index is -0.0706. The summed E-state index contributed by atoms with van der Waals surface area (Å²) in [7, 11) is 0. The molecular weight excluding hydrogens is 372 g/mol. The zero-order chi connectivity index (χ0) is 19.9. The number of rotatable bonds is 8. The largest absolute Gasteiger partial charge is 0.486 e. The van der Waals surface area contributed by atoms with Crippen LogP contribution in [-0.4, -0.2) is 26.4 Å². The number of nitrogens with zero attached hydrogens (tertiary/aromatic N) is 3. The van der Waals surface area contributed by atoms with Crippen molar-refractivity contribution in [1.29, 1.82) is 0 Å². The first-order valence-corrected chi connectivity index (χ1v) is 10.1. The van der Waals surface area contributed by atoms with Gasteiger partial charge in [0, 0.05) is 12.2 Å². The molecular formula is C21H24N4O2S. The molecule has 0 aliphatic rings. The third-order valence-corrected chi connectivity index (χ3v) is 5.10. The molecule has 1 heterocycles. The lowest BCUT2D eigenvalue weighted by atomic mass is 10.2. The van der Waals surface area contributed by atoms with Gasteiger partial charge in [-0.1, -0.05) is 41.6 Å². The van der Waals surface area contributed by atoms with Crippen molar-refractivity contribution < 1.29 is 9.53 Å². The first-order valence-electron chi connectivity index (χ1n) is 9.16. The topological polar surface area (TPSA) is 69.0 Å². The second-order valence-corrected chi connectivity index (χ2v) is 7.39. The molecule has 1 N–H and O–H groups in total. The highest BCUT2D eigenvalue weighted by molar-refractivity contribution is 7.99. The molecule has 2 aromatic carbocycles. The molecule has 3 aromatic rings. The molecule has 28 heavy (non-hydrogen) atoms. The van der Waals surface area contributed by atoms with E-state index in [1.54, 1.807) is 0 Å². The standard InChI is InChI=1S/C21H24N4O2S/c1-4-25-19(13-27-18-10-8-15(2)9-11-18)23-24-21(25)28-14-20(26)22-17-7-5-6-16(3)12-17/h5-12H,4,13-14H2,1-3H3,(H,22,26). The molecule has 0 saturated heterocycles. The monoisotopic (exact) mass is 396 g/mol. The summed E-state index contributed by atoms with van der Waals surface area (Å²) in [6.45, 7) is 7.10. The summed E-state index contributed by atoms with van der Waals surface area (Å²) in [6.07, 6.45) is 0. The molecule has 146 valence electrons. The Bertz CT molecular complexity index is 938. The zero-order valence-electron chi connectivity index (χ0n) is 16.3. The van der Waals surface area contributed by atoms with Crippen LogP contribution in [0, 0.1) is 13.8 Å². The minimum Gasteiger partial charge on any atom is -0.486 e. The Balaban J connectivity index is 1.57. The summed E-state index contributed by atoms with van der Waals surface area (Å²) in [4.78, 5) is 12.2. The lowest BCUT2D eigenvalue weighted by Gasteiger charge is -2.09. The SMILES string of the molecule is CCn1c(COc2ccc(C)cc2)nnc1SCC(=O)Nc1cccc(C)c1. The van der Waals surface area contributed by atoms with Gasteiger partial charge in [-0.25, -0.2) is 0 Å². The number of benzene rings is 2. The number of ether oxygens (including phenoxy) is 1. The van der Waals surface area contributed by atoms with Crippen LogP contribution in [0.2, 0.25) is 0 Å². The van der Waals surface area contributed by atoms with E-state index in [1.165, 1.54) is 17.3 Å². The molecule has 0 atom stereocenters. The van der Waals surface area contributed by atoms with Crippen LogP contribution in [0.15, 0.2) is 53.7 Å². The molecule has 0 unspecified atom stereocenters. The van der Waals surface area contributed by atoms with Gasteiger partial charge in [-0.15, -0.1) is 10.2 Å². The van der Waals surface area contributed by atoms with E-state index in [0.717, 1.165) is 22.8 Å². The molecule has 0 spiro atoms. The Hall–Kier alpha value is -2.80. The number of amides is 1. The van der Waals surface area contributed by atoms with E-state index in [1.807, 2.05) is 73.9 Å². The smallest absolute Gasteiger partial charge is 0.234 e. The number of nitrogens with one attached hydrogen (secondary N) is 1. The third-order valence-electron chi connectivity index (χ3n) is 4.13. The van der Waals surface area contributed by atoms with Crippen molar-refractivity contribution >= 4 is 23.4 Å². The summed E-state index contributed by atoms with van der Waals surface area (Å²) in [6, 6.07) is 15.6. The summed E-state index contributed by atoms with van der Waals surface area (Å²) >= 11 is 1.37. The first-order chi connectivity index (χ1) is 13.5. The normalized spacial score (nSPS) is 10.7. The number of hydrogen-bond acceptors (Lipinski definition) is 5. The fourth-order valence-electron chi connectivity index (χ4n) is 2.68. The Morgan fingerprint density at radius 2 is 1.89 bits per heavy atom. The van der Waals surface area contributed by atoms with Gasteiger partial charge in [-0.2, -0.15) is 0 Å². The van der Waals surface area contributed by atoms with Crippen molar-refractivity contribution in [2.75, 3.05) is 11.1 Å². The van der Waals surface area contributed by atoms with Gasteiger partial charge in [0.2, 0.25) is 5.91 Å². The van der Waals surface area contributed by atoms with E-state index in [2.05, 4.69) is 15.5 Å². The molecule has 0 fully saturated rings. The highest BCUT2D eigenvalue weighted by Gasteiger charge is 2.14. The van der Waals surface area contributed by atoms with E-state index < -0.39 is 0 Å². The van der Waals surface area contributed by atoms with Crippen LogP contribution < -0.4 is 10.1 Å². The molecule has 0 bridgehead atoms. The minimum absolute atomic E-state index is 0.0706. The number of carbonyl (C=O) groups excluding carboxylic acids is 1. The van der Waals surface area contributed by atoms with Crippen molar-refractivity contribution in [1.82, 2.24) is 14.8 Å². The lowest BCUT2D eigenvalue weighted by molar-refractivity contribution is -0.113. The van der Waals surface area contributed by atoms with Crippen molar-refractivity contribution in [2.24, 2.45) is 0 Å². The van der Waals surface area contributed by atoms with Crippen LogP contribution in [0.1, 0.15) is 23.9 Å². The molecule has 3 rings (SSSR count). The molecule has 0 saturated carbocycles. The number of aryl methyl sites for hydroxylation is 2. The number of hydrogen-bond donors (Lipinski definition) is 1. The average Bonchev–Trinajstić information content (AvgIpc) is 3.08. The van der Waals surface area contributed by atoms with Gasteiger partial charge < -0.3 is 14.6 Å². The molecule has 7 heteroatoms. The number of thioether (sulfide) groups is 1. The van der Waals surface area contributed by atoms with E-state index in [9.17, 15) is 4.79 Å². The fraction of sp³-hybridized carbons (Fsp3) is 0.286. The van der Waals surface area contributed by atoms with E-state index in [0.29, 0.717) is 18.3 Å². The second-order valence-electron chi connectivity index (χ2n) is 6.45. The molecule has 0 aliphatic heterocycles. The van der Waals surface area contributed by atoms with Crippen LogP contribution in [-0.2, 0) is 17.9 Å². The Labute approximate surface area is 169 Å². The van der Waals surface area contributed by atoms with E-state index in [4.69, 9.17) is 4.74 Å². The number of anilines is 1. The zero-order valence-corrected chi connectivity index (χ0v) is 17.1. The van der Waals surface area contributed by atoms with E-state index >= 15 is 0 Å². The number of carbonyl (C=O) groups is 1. The number of aromatic nitrogens is 3. The van der Waals surface area contributed by atoms with Crippen LogP contribution in [0.5, 0.6) is 5.75 Å². The van der Waals surface area contributed by atoms with Gasteiger partial charge >= 0.3 is 0 Å². The van der Waals surface area contributed by atoms with Gasteiger partial charge in [0.1, 0.15) is 12.4 Å². The second kappa shape index (κ2) is 9.41. The predicted octanol–water partition coefficient (Wildman–Crippen LogP) is 4.22. The van der Waals surface area contributed by atoms with Crippen molar-refractivity contribution in [3.05, 3.63) is 65.5 Å². The molecule has 6 nitrogen and oxygen atoms in total. The Morgan fingerprint density at radius 3 is 2.61 bits per heavy atom. The van der Waals surface area contributed by atoms with Crippen LogP contribution in [0.25, 0.3) is 0 Å². The first kappa shape index (κ1) is 19.9. The maximum atomic E-state index is 12.2. The van der Waals surface area contributed by atoms with E-state index in [-0.39, 0.29) is 11.7 Å². The highest BCUT2D eigenvalue weighted by Crippen LogP contribution is 2.19. The molecule has 1 aromatic heterocycles. The third kappa shape index (κ3) is 5.36. The van der Waals surface area contributed by atoms with Crippen molar-refractivity contribution in [3.63, 3.8) is 0 Å². The Kier molecular flexibility index (Phi) is 6.71. The van der Waals surface area contributed by atoms with Crippen LogP contribution >= 0.6 is 11.8 Å². The quantitative estimate of drug-likeness (QED) is 0.577. The van der Waals surface area contributed by atoms with Gasteiger partial charge in [-0.3, -0.25) is 4.79 Å². The molecule has 0 radical (unpaired) electrons. The predicted molar refractivity (Wildman–Crippen MR) is 112 cm³/mol. The fourth-order valence-corrected chi connectivity index (χ4v) is 3.50. The average molecular weight is 397 g/mol. The maximum absolute atomic E-state index is 12.2. The van der Waals surface area contributed by atoms with Crippen LogP contribution in [0.3, 0.4) is 0 Å². The lowest BCUT2D eigenvalue weighted by Crippen LogP contribution is -2.15. The van der Waals surface area contributed by atoms with Gasteiger partial charge in [0.25, 0.3) is 0 Å². The van der Waals surface area contributed by atoms with Gasteiger partial charge in [0.05, 0.1) is 5.75 Å². The maximum Gasteiger partial charge on any atom is 0.234 e. The van der Waals surface area contributed by atoms with Crippen molar-refractivity contribution in [3.8, 4) is 5.75 Å². The molecule has 1 amide bonds. The summed E-state index contributed by atoms with van der Waals surface area (Å²) in [5.74, 6) is 1.73. The summed E-state index contributed by atoms with van der Waals surface area (Å²) in [5, 5.41) is 12.1. The van der Waals surface area contributed by atoms with Gasteiger partial charge in [0.15, 0.2) is 11.0 Å². The van der Waals surface area contributed by atoms with Crippen LogP contribution in [0.4, 0.5) is 5.69 Å². The van der Waals surface area contributed by atoms with Gasteiger partial charge in [-0.05, 0) is 50.6 Å². The summed E-state index contributed by atoms with van der Waals surface area (Å²) < 4.78 is 7.78. The summed E-state index contributed by atoms with van der Waals surface area (Å²) in [5.41, 5.74) is 3.09. The molecule has 0 aliphatic carbocycles. The Morgan fingerprint density at radius 1 is 1.11 bits per heavy atom.